The Morgan fingerprint density at radius 2 is 0.960 bits per heavy atom. The summed E-state index contributed by atoms with van der Waals surface area (Å²) in [5.41, 5.74) is 3.59. The lowest BCUT2D eigenvalue weighted by Gasteiger charge is -2.19. The maximum Gasteiger partial charge on any atom is 0.573 e. The van der Waals surface area contributed by atoms with E-state index in [1.165, 1.54) is 24.3 Å². The van der Waals surface area contributed by atoms with Crippen LogP contribution in [0.2, 0.25) is 0 Å². The van der Waals surface area contributed by atoms with Gasteiger partial charge in [-0.2, -0.15) is 0 Å². The summed E-state index contributed by atoms with van der Waals surface area (Å²) in [6, 6.07) is 21.5. The lowest BCUT2D eigenvalue weighted by molar-refractivity contribution is -0.275. The van der Waals surface area contributed by atoms with Gasteiger partial charge in [0.05, 0.1) is 25.3 Å². The summed E-state index contributed by atoms with van der Waals surface area (Å²) >= 11 is 0. The molecular formula is C38H18F6N4O2. The van der Waals surface area contributed by atoms with Crippen LogP contribution in [0, 0.1) is 49.7 Å². The molecule has 4 aromatic carbocycles. The van der Waals surface area contributed by atoms with Gasteiger partial charge in [0, 0.05) is 11.1 Å². The fourth-order valence-corrected chi connectivity index (χ4v) is 6.52. The van der Waals surface area contributed by atoms with Gasteiger partial charge in [0.2, 0.25) is 0 Å². The predicted molar refractivity (Wildman–Crippen MR) is 172 cm³/mol. The van der Waals surface area contributed by atoms with Crippen molar-refractivity contribution >= 4 is 22.3 Å². The molecule has 0 radical (unpaired) electrons. The first kappa shape index (κ1) is 33.2. The van der Waals surface area contributed by atoms with Crippen LogP contribution in [-0.4, -0.2) is 12.7 Å². The van der Waals surface area contributed by atoms with E-state index < -0.39 is 24.2 Å². The third kappa shape index (κ3) is 5.81. The smallest absolute Gasteiger partial charge is 0.406 e. The summed E-state index contributed by atoms with van der Waals surface area (Å²) < 4.78 is 88.1. The highest BCUT2D eigenvalue weighted by Crippen LogP contribution is 2.62. The van der Waals surface area contributed by atoms with Gasteiger partial charge in [-0.3, -0.25) is 0 Å². The van der Waals surface area contributed by atoms with Crippen molar-refractivity contribution in [1.29, 1.82) is 10.5 Å². The minimum Gasteiger partial charge on any atom is -0.406 e. The maximum atomic E-state index is 13.3. The van der Waals surface area contributed by atoms with Crippen molar-refractivity contribution in [3.8, 4) is 45.9 Å². The monoisotopic (exact) mass is 676 g/mol. The van der Waals surface area contributed by atoms with E-state index in [0.29, 0.717) is 44.5 Å². The minimum atomic E-state index is -4.98. The van der Waals surface area contributed by atoms with Crippen LogP contribution < -0.4 is 9.47 Å². The summed E-state index contributed by atoms with van der Waals surface area (Å²) in [6.07, 6.45) is -9.96. The van der Waals surface area contributed by atoms with Crippen molar-refractivity contribution in [2.75, 3.05) is 0 Å². The van der Waals surface area contributed by atoms with E-state index in [0.717, 1.165) is 0 Å². The lowest BCUT2D eigenvalue weighted by atomic mass is 9.85. The molecule has 2 aliphatic carbocycles. The van der Waals surface area contributed by atoms with Crippen LogP contribution >= 0.6 is 0 Å². The second kappa shape index (κ2) is 12.0. The molecular weight excluding hydrogens is 658 g/mol. The van der Waals surface area contributed by atoms with Gasteiger partial charge in [0.15, 0.2) is 0 Å². The maximum absolute atomic E-state index is 13.3. The van der Waals surface area contributed by atoms with Crippen molar-refractivity contribution in [2.45, 2.75) is 26.6 Å². The second-order valence-electron chi connectivity index (χ2n) is 11.3. The normalized spacial score (nSPS) is 15.1. The van der Waals surface area contributed by atoms with Gasteiger partial charge in [-0.15, -0.1) is 26.3 Å². The van der Waals surface area contributed by atoms with E-state index >= 15 is 0 Å². The van der Waals surface area contributed by atoms with Crippen LogP contribution in [-0.2, 0) is 0 Å². The van der Waals surface area contributed by atoms with Gasteiger partial charge in [0.25, 0.3) is 11.4 Å². The van der Waals surface area contributed by atoms with Crippen molar-refractivity contribution < 1.29 is 35.8 Å². The summed E-state index contributed by atoms with van der Waals surface area (Å²) in [5, 5.41) is 20.4. The highest BCUT2D eigenvalue weighted by molar-refractivity contribution is 6.39. The van der Waals surface area contributed by atoms with Crippen molar-refractivity contribution in [3.63, 3.8) is 0 Å². The highest BCUT2D eigenvalue weighted by atomic mass is 19.4. The lowest BCUT2D eigenvalue weighted by Crippen LogP contribution is -2.17. The molecule has 6 rings (SSSR count). The Morgan fingerprint density at radius 1 is 0.600 bits per heavy atom. The first-order valence-corrected chi connectivity index (χ1v) is 14.5. The first-order chi connectivity index (χ1) is 23.7. The highest BCUT2D eigenvalue weighted by Gasteiger charge is 2.42. The van der Waals surface area contributed by atoms with E-state index in [-0.39, 0.29) is 44.8 Å². The fraction of sp³-hybridized carbons (Fsp3) is 0.105. The van der Waals surface area contributed by atoms with E-state index in [1.54, 1.807) is 62.4 Å². The number of allylic oxidation sites excluding steroid dienone is 6. The molecule has 4 aromatic rings. The summed E-state index contributed by atoms with van der Waals surface area (Å²) in [5.74, 6) is -0.982. The molecule has 0 saturated carbocycles. The van der Waals surface area contributed by atoms with Gasteiger partial charge in [-0.25, -0.2) is 20.2 Å². The molecule has 0 N–H and O–H groups in total. The Bertz CT molecular complexity index is 2220. The van der Waals surface area contributed by atoms with Crippen molar-refractivity contribution in [2.24, 2.45) is 0 Å². The number of alkyl halides is 6. The summed E-state index contributed by atoms with van der Waals surface area (Å²) in [4.78, 5) is 6.95. The molecule has 0 atom stereocenters. The number of hydrogen-bond acceptors (Lipinski definition) is 4. The standard InChI is InChI=1S/C38H18F6N4O2/c1-19-11-21(15-23(13-19)49-37(39,40)41)25-7-5-9-27-31(25)35-34(30(18-46)48-4)28-10-6-8-26(32(28)36(35)33(27)29(17-45)47-3)22-12-20(2)14-24(16-22)50-38(42,43)44/h5-16H,1-2H3/b33-29-,34-30+. The van der Waals surface area contributed by atoms with Crippen LogP contribution in [0.5, 0.6) is 11.5 Å². The zero-order valence-corrected chi connectivity index (χ0v) is 25.8. The van der Waals surface area contributed by atoms with Crippen LogP contribution in [0.1, 0.15) is 33.4 Å². The first-order valence-electron chi connectivity index (χ1n) is 14.5. The molecule has 0 heterocycles. The second-order valence-corrected chi connectivity index (χ2v) is 11.3. The molecule has 2 aliphatic rings. The van der Waals surface area contributed by atoms with Gasteiger partial charge in [0.1, 0.15) is 11.5 Å². The molecule has 0 aromatic heterocycles. The zero-order valence-electron chi connectivity index (χ0n) is 25.8. The summed E-state index contributed by atoms with van der Waals surface area (Å²) in [7, 11) is 0. The molecule has 0 bridgehead atoms. The average molecular weight is 677 g/mol. The third-order valence-corrected chi connectivity index (χ3v) is 8.02. The number of fused-ring (bicyclic) bond motifs is 4. The number of rotatable bonds is 4. The number of ether oxygens (including phenoxy) is 2. The van der Waals surface area contributed by atoms with Gasteiger partial charge >= 0.3 is 12.7 Å². The van der Waals surface area contributed by atoms with Crippen LogP contribution in [0.4, 0.5) is 26.3 Å². The zero-order chi connectivity index (χ0) is 36.1. The number of aryl methyl sites for hydroxylation is 2. The topological polar surface area (TPSA) is 74.8 Å². The fourth-order valence-electron chi connectivity index (χ4n) is 6.52. The average Bonchev–Trinajstić information content (AvgIpc) is 3.53. The molecule has 0 fully saturated rings. The quantitative estimate of drug-likeness (QED) is 0.123. The summed E-state index contributed by atoms with van der Waals surface area (Å²) in [6.45, 7) is 18.9. The number of nitrogens with zero attached hydrogens (tertiary/aromatic N) is 4. The number of hydrogen-bond donors (Lipinski definition) is 0. The molecule has 0 aliphatic heterocycles. The van der Waals surface area contributed by atoms with Crippen molar-refractivity contribution in [1.82, 2.24) is 0 Å². The van der Waals surface area contributed by atoms with Crippen LogP contribution in [0.25, 0.3) is 54.2 Å². The van der Waals surface area contributed by atoms with E-state index in [2.05, 4.69) is 19.2 Å². The van der Waals surface area contributed by atoms with Gasteiger partial charge in [-0.1, -0.05) is 48.5 Å². The molecule has 12 heteroatoms. The Morgan fingerprint density at radius 3 is 1.28 bits per heavy atom. The predicted octanol–water partition coefficient (Wildman–Crippen LogP) is 10.7. The van der Waals surface area contributed by atoms with Crippen LogP contribution in [0.15, 0.2) is 84.2 Å². The van der Waals surface area contributed by atoms with Gasteiger partial charge in [-0.05, 0) is 105 Å². The van der Waals surface area contributed by atoms with E-state index in [4.69, 9.17) is 13.1 Å². The Kier molecular flexibility index (Phi) is 7.98. The van der Waals surface area contributed by atoms with Crippen molar-refractivity contribution in [3.05, 3.63) is 140 Å². The molecule has 0 spiro atoms. The Labute approximate surface area is 281 Å². The SMILES string of the molecule is [C-]#[N+]/C(C#N)=C1C2=C(/C(=C(\C#N)[N+]#[C-])c3cccc(-c4cc(C)cc(OC(F)(F)F)c4)c32)c2c\1cccc2-c1cc(C)cc(OC(F)(F)F)c1. The molecule has 50 heavy (non-hydrogen) atoms. The Hall–Kier alpha value is -6.76. The Balaban J connectivity index is 1.75. The van der Waals surface area contributed by atoms with Gasteiger partial charge < -0.3 is 9.47 Å². The van der Waals surface area contributed by atoms with Crippen LogP contribution in [0.3, 0.4) is 0 Å². The number of halogens is 6. The number of nitriles is 2. The number of benzene rings is 4. The third-order valence-electron chi connectivity index (χ3n) is 8.02. The molecule has 0 unspecified atom stereocenters. The molecule has 0 amide bonds. The molecule has 6 nitrogen and oxygen atoms in total. The molecule has 0 saturated heterocycles. The van der Waals surface area contributed by atoms with E-state index in [9.17, 15) is 36.9 Å². The minimum absolute atomic E-state index is 0.138. The largest absolute Gasteiger partial charge is 0.573 e. The van der Waals surface area contributed by atoms with E-state index in [1.807, 2.05) is 12.1 Å². The molecule has 244 valence electrons.